The Morgan fingerprint density at radius 2 is 1.67 bits per heavy atom. The van der Waals surface area contributed by atoms with Gasteiger partial charge in [-0.25, -0.2) is 4.98 Å². The zero-order valence-corrected chi connectivity index (χ0v) is 20.0. The molecular formula is C25H31N5O2S. The van der Waals surface area contributed by atoms with Gasteiger partial charge >= 0.3 is 0 Å². The fourth-order valence-electron chi connectivity index (χ4n) is 4.94. The Labute approximate surface area is 198 Å². The van der Waals surface area contributed by atoms with E-state index in [4.69, 9.17) is 4.98 Å². The van der Waals surface area contributed by atoms with Gasteiger partial charge in [-0.05, 0) is 51.2 Å². The summed E-state index contributed by atoms with van der Waals surface area (Å²) in [5.74, 6) is 0.667. The second-order valence-electron chi connectivity index (χ2n) is 9.05. The SMILES string of the molecule is CC(Sc1nc2nn(-c3ccccc3)c(=O)c-2c2n1CCCCC2)C(=O)N1CCCCCC1. The Bertz CT molecular complexity index is 1150. The summed E-state index contributed by atoms with van der Waals surface area (Å²) in [6, 6.07) is 9.50. The maximum atomic E-state index is 13.4. The van der Waals surface area contributed by atoms with Gasteiger partial charge in [0.15, 0.2) is 11.0 Å². The van der Waals surface area contributed by atoms with Crippen LogP contribution in [0.2, 0.25) is 0 Å². The summed E-state index contributed by atoms with van der Waals surface area (Å²) in [6.07, 6.45) is 8.62. The summed E-state index contributed by atoms with van der Waals surface area (Å²) < 4.78 is 3.65. The van der Waals surface area contributed by atoms with E-state index in [2.05, 4.69) is 9.67 Å². The highest BCUT2D eigenvalue weighted by molar-refractivity contribution is 8.00. The molecule has 4 aliphatic rings. The third-order valence-electron chi connectivity index (χ3n) is 6.72. The zero-order chi connectivity index (χ0) is 22.8. The molecule has 0 radical (unpaired) electrons. The minimum atomic E-state index is -0.226. The number of aromatic nitrogens is 4. The van der Waals surface area contributed by atoms with E-state index in [0.717, 1.165) is 74.7 Å². The molecule has 4 heterocycles. The van der Waals surface area contributed by atoms with E-state index in [1.807, 2.05) is 42.2 Å². The molecule has 1 amide bonds. The predicted molar refractivity (Wildman–Crippen MR) is 130 cm³/mol. The van der Waals surface area contributed by atoms with Crippen LogP contribution in [0.5, 0.6) is 0 Å². The molecule has 0 saturated carbocycles. The van der Waals surface area contributed by atoms with Crippen molar-refractivity contribution >= 4 is 17.7 Å². The highest BCUT2D eigenvalue weighted by Gasteiger charge is 2.29. The van der Waals surface area contributed by atoms with Crippen LogP contribution >= 0.6 is 11.8 Å². The van der Waals surface area contributed by atoms with Crippen LogP contribution in [0.4, 0.5) is 0 Å². The number of nitrogens with zero attached hydrogens (tertiary/aromatic N) is 5. The molecule has 174 valence electrons. The van der Waals surface area contributed by atoms with Gasteiger partial charge in [-0.2, -0.15) is 4.68 Å². The van der Waals surface area contributed by atoms with Crippen molar-refractivity contribution in [3.05, 3.63) is 46.4 Å². The highest BCUT2D eigenvalue weighted by Crippen LogP contribution is 2.32. The van der Waals surface area contributed by atoms with Crippen molar-refractivity contribution in [3.8, 4) is 17.1 Å². The minimum Gasteiger partial charge on any atom is -0.342 e. The van der Waals surface area contributed by atoms with Crippen LogP contribution in [0.25, 0.3) is 17.1 Å². The van der Waals surface area contributed by atoms with Crippen molar-refractivity contribution in [2.75, 3.05) is 13.1 Å². The van der Waals surface area contributed by atoms with Gasteiger partial charge in [0.1, 0.15) is 5.56 Å². The van der Waals surface area contributed by atoms with Gasteiger partial charge in [0.05, 0.1) is 10.9 Å². The van der Waals surface area contributed by atoms with Crippen molar-refractivity contribution in [2.24, 2.45) is 0 Å². The van der Waals surface area contributed by atoms with Gasteiger partial charge in [0.25, 0.3) is 5.56 Å². The molecule has 0 aliphatic carbocycles. The van der Waals surface area contributed by atoms with Crippen LogP contribution in [0.15, 0.2) is 40.3 Å². The Morgan fingerprint density at radius 3 is 2.42 bits per heavy atom. The summed E-state index contributed by atoms with van der Waals surface area (Å²) in [5, 5.41) is 5.18. The number of hydrogen-bond acceptors (Lipinski definition) is 5. The normalized spacial score (nSPS) is 17.9. The number of amides is 1. The summed E-state index contributed by atoms with van der Waals surface area (Å²) in [4.78, 5) is 33.4. The molecule has 1 unspecified atom stereocenters. The van der Waals surface area contributed by atoms with Crippen LogP contribution in [0.1, 0.15) is 57.6 Å². The Morgan fingerprint density at radius 1 is 0.970 bits per heavy atom. The third-order valence-corrected chi connectivity index (χ3v) is 7.79. The molecule has 5 rings (SSSR count). The molecule has 4 aliphatic heterocycles. The van der Waals surface area contributed by atoms with Gasteiger partial charge in [0.2, 0.25) is 5.91 Å². The van der Waals surface area contributed by atoms with E-state index in [1.54, 1.807) is 0 Å². The molecule has 1 aromatic rings. The van der Waals surface area contributed by atoms with Gasteiger partial charge in [-0.15, -0.1) is 5.10 Å². The lowest BCUT2D eigenvalue weighted by Crippen LogP contribution is -2.37. The lowest BCUT2D eigenvalue weighted by Gasteiger charge is -2.25. The van der Waals surface area contributed by atoms with E-state index in [1.165, 1.54) is 29.3 Å². The molecule has 33 heavy (non-hydrogen) atoms. The number of fused-ring (bicyclic) bond motifs is 3. The van der Waals surface area contributed by atoms with Crippen LogP contribution in [0, 0.1) is 0 Å². The number of hydrogen-bond donors (Lipinski definition) is 0. The summed E-state index contributed by atoms with van der Waals surface area (Å²) >= 11 is 1.51. The van der Waals surface area contributed by atoms with E-state index < -0.39 is 0 Å². The maximum absolute atomic E-state index is 13.4. The lowest BCUT2D eigenvalue weighted by molar-refractivity contribution is -0.130. The second kappa shape index (κ2) is 9.71. The molecule has 1 atom stereocenters. The number of rotatable bonds is 4. The van der Waals surface area contributed by atoms with Crippen molar-refractivity contribution in [1.29, 1.82) is 0 Å². The molecule has 1 fully saturated rings. The number of carbonyl (C=O) groups excluding carboxylic acids is 1. The maximum Gasteiger partial charge on any atom is 0.284 e. The van der Waals surface area contributed by atoms with E-state index >= 15 is 0 Å². The molecular weight excluding hydrogens is 434 g/mol. The first-order valence-electron chi connectivity index (χ1n) is 12.2. The van der Waals surface area contributed by atoms with Crippen molar-refractivity contribution in [1.82, 2.24) is 24.2 Å². The summed E-state index contributed by atoms with van der Waals surface area (Å²) in [7, 11) is 0. The molecule has 1 aromatic carbocycles. The van der Waals surface area contributed by atoms with Gasteiger partial charge in [0, 0.05) is 25.3 Å². The van der Waals surface area contributed by atoms with Crippen molar-refractivity contribution in [3.63, 3.8) is 0 Å². The monoisotopic (exact) mass is 465 g/mol. The van der Waals surface area contributed by atoms with Gasteiger partial charge in [-0.3, -0.25) is 9.59 Å². The second-order valence-corrected chi connectivity index (χ2v) is 10.4. The molecule has 0 N–H and O–H groups in total. The van der Waals surface area contributed by atoms with Crippen molar-refractivity contribution < 1.29 is 4.79 Å². The molecule has 0 bridgehead atoms. The smallest absolute Gasteiger partial charge is 0.284 e. The highest BCUT2D eigenvalue weighted by atomic mass is 32.2. The Balaban J connectivity index is 1.53. The fraction of sp³-hybridized carbons (Fsp3) is 0.520. The van der Waals surface area contributed by atoms with Gasteiger partial charge < -0.3 is 9.47 Å². The Hall–Kier alpha value is -2.61. The predicted octanol–water partition coefficient (Wildman–Crippen LogP) is 4.14. The largest absolute Gasteiger partial charge is 0.342 e. The summed E-state index contributed by atoms with van der Waals surface area (Å²) in [5.41, 5.74) is 2.27. The number of benzene rings is 1. The van der Waals surface area contributed by atoms with Crippen LogP contribution < -0.4 is 5.56 Å². The van der Waals surface area contributed by atoms with E-state index in [0.29, 0.717) is 11.4 Å². The standard InChI is InChI=1S/C25H31N5O2S/c1-18(23(31)28-15-9-2-3-10-16-28)33-25-26-22-21(20-14-8-5-11-17-29(20)25)24(32)30(27-22)19-12-6-4-7-13-19/h4,6-7,12-13,18H,2-3,5,8-11,14-17H2,1H3. The average molecular weight is 466 g/mol. The first-order valence-corrected chi connectivity index (χ1v) is 13.0. The van der Waals surface area contributed by atoms with Crippen LogP contribution in [0.3, 0.4) is 0 Å². The number of likely N-dealkylation sites (tertiary alicyclic amines) is 1. The fourth-order valence-corrected chi connectivity index (χ4v) is 5.98. The molecule has 1 saturated heterocycles. The first kappa shape index (κ1) is 22.2. The number of para-hydroxylation sites is 1. The van der Waals surface area contributed by atoms with E-state index in [9.17, 15) is 9.59 Å². The molecule has 0 spiro atoms. The molecule has 8 heteroatoms. The Kier molecular flexibility index (Phi) is 6.53. The average Bonchev–Trinajstić information content (AvgIpc) is 3.08. The number of carbonyl (C=O) groups is 1. The van der Waals surface area contributed by atoms with Crippen LogP contribution in [-0.2, 0) is 17.8 Å². The first-order chi connectivity index (χ1) is 16.1. The minimum absolute atomic E-state index is 0.111. The molecule has 0 aromatic heterocycles. The van der Waals surface area contributed by atoms with Gasteiger partial charge in [-0.1, -0.05) is 49.2 Å². The zero-order valence-electron chi connectivity index (χ0n) is 19.2. The quantitative estimate of drug-likeness (QED) is 0.428. The topological polar surface area (TPSA) is 73.0 Å². The van der Waals surface area contributed by atoms with Crippen LogP contribution in [-0.4, -0.2) is 48.5 Å². The number of thioether (sulfide) groups is 1. The van der Waals surface area contributed by atoms with Crippen molar-refractivity contribution in [2.45, 2.75) is 75.2 Å². The lowest BCUT2D eigenvalue weighted by atomic mass is 10.1. The molecule has 7 nitrogen and oxygen atoms in total. The third kappa shape index (κ3) is 4.45. The summed E-state index contributed by atoms with van der Waals surface area (Å²) in [6.45, 7) is 4.50. The van der Waals surface area contributed by atoms with E-state index in [-0.39, 0.29) is 16.7 Å².